The van der Waals surface area contributed by atoms with Gasteiger partial charge in [-0.15, -0.1) is 0 Å². The van der Waals surface area contributed by atoms with Crippen molar-refractivity contribution >= 4 is 31.9 Å². The van der Waals surface area contributed by atoms with Crippen LogP contribution in [0.1, 0.15) is 20.3 Å². The van der Waals surface area contributed by atoms with E-state index in [9.17, 15) is 13.2 Å². The lowest BCUT2D eigenvalue weighted by Gasteiger charge is -2.34. The highest BCUT2D eigenvalue weighted by molar-refractivity contribution is 9.10. The van der Waals surface area contributed by atoms with Gasteiger partial charge >= 0.3 is 0 Å². The third-order valence-electron chi connectivity index (χ3n) is 3.63. The van der Waals surface area contributed by atoms with Crippen LogP contribution >= 0.6 is 15.9 Å². The molecule has 5 nitrogen and oxygen atoms in total. The molecule has 122 valence electrons. The maximum atomic E-state index is 12.6. The zero-order chi connectivity index (χ0) is 16.3. The quantitative estimate of drug-likeness (QED) is 0.794. The van der Waals surface area contributed by atoms with Gasteiger partial charge < -0.3 is 4.90 Å². The van der Waals surface area contributed by atoms with Crippen molar-refractivity contribution in [2.75, 3.05) is 26.2 Å². The topological polar surface area (TPSA) is 57.7 Å². The maximum Gasteiger partial charge on any atom is 0.243 e. The van der Waals surface area contributed by atoms with Crippen LogP contribution in [0.3, 0.4) is 0 Å². The van der Waals surface area contributed by atoms with Crippen LogP contribution in [0, 0.1) is 5.92 Å². The molecule has 1 saturated heterocycles. The van der Waals surface area contributed by atoms with Crippen LogP contribution in [-0.2, 0) is 14.8 Å². The third kappa shape index (κ3) is 4.08. The van der Waals surface area contributed by atoms with Crippen molar-refractivity contribution in [3.63, 3.8) is 0 Å². The first-order chi connectivity index (χ1) is 10.3. The molecular weight excluding hydrogens is 368 g/mol. The average Bonchev–Trinajstić information content (AvgIpc) is 2.47. The zero-order valence-electron chi connectivity index (χ0n) is 12.8. The predicted molar refractivity (Wildman–Crippen MR) is 88.9 cm³/mol. The highest BCUT2D eigenvalue weighted by Gasteiger charge is 2.30. The van der Waals surface area contributed by atoms with Crippen LogP contribution in [0.25, 0.3) is 0 Å². The Hall–Kier alpha value is -0.920. The molecule has 0 bridgehead atoms. The summed E-state index contributed by atoms with van der Waals surface area (Å²) in [5.74, 6) is 0.424. The fourth-order valence-corrected chi connectivity index (χ4v) is 4.10. The summed E-state index contributed by atoms with van der Waals surface area (Å²) in [7, 11) is -3.48. The van der Waals surface area contributed by atoms with E-state index in [1.807, 2.05) is 13.8 Å². The molecule has 1 amide bonds. The SMILES string of the molecule is CC(C)CC(=O)N1CCN(S(=O)(=O)c2ccc(Br)cc2)CC1. The van der Waals surface area contributed by atoms with E-state index >= 15 is 0 Å². The van der Waals surface area contributed by atoms with Crippen LogP contribution < -0.4 is 0 Å². The Kier molecular flexibility index (Phi) is 5.63. The van der Waals surface area contributed by atoms with Gasteiger partial charge in [0.25, 0.3) is 0 Å². The Morgan fingerprint density at radius 2 is 1.68 bits per heavy atom. The number of halogens is 1. The Balaban J connectivity index is 2.01. The van der Waals surface area contributed by atoms with E-state index < -0.39 is 10.0 Å². The molecular formula is C15H21BrN2O3S. The number of benzene rings is 1. The molecule has 2 rings (SSSR count). The summed E-state index contributed by atoms with van der Waals surface area (Å²) in [5, 5.41) is 0. The monoisotopic (exact) mass is 388 g/mol. The van der Waals surface area contributed by atoms with E-state index in [1.165, 1.54) is 4.31 Å². The highest BCUT2D eigenvalue weighted by atomic mass is 79.9. The molecule has 1 heterocycles. The first-order valence-electron chi connectivity index (χ1n) is 7.34. The molecule has 0 radical (unpaired) electrons. The van der Waals surface area contributed by atoms with Gasteiger partial charge in [0.05, 0.1) is 4.90 Å². The molecule has 0 aliphatic carbocycles. The van der Waals surface area contributed by atoms with Gasteiger partial charge in [-0.25, -0.2) is 8.42 Å². The number of hydrogen-bond acceptors (Lipinski definition) is 3. The lowest BCUT2D eigenvalue weighted by Crippen LogP contribution is -2.50. The normalized spacial score (nSPS) is 17.0. The third-order valence-corrected chi connectivity index (χ3v) is 6.07. The van der Waals surface area contributed by atoms with Gasteiger partial charge in [-0.1, -0.05) is 29.8 Å². The van der Waals surface area contributed by atoms with Crippen LogP contribution in [-0.4, -0.2) is 49.7 Å². The summed E-state index contributed by atoms with van der Waals surface area (Å²) >= 11 is 3.30. The second kappa shape index (κ2) is 7.10. The minimum absolute atomic E-state index is 0.107. The molecule has 0 unspecified atom stereocenters. The highest BCUT2D eigenvalue weighted by Crippen LogP contribution is 2.20. The Labute approximate surface area is 140 Å². The minimum Gasteiger partial charge on any atom is -0.340 e. The number of carbonyl (C=O) groups is 1. The molecule has 1 fully saturated rings. The van der Waals surface area contributed by atoms with Crippen molar-refractivity contribution in [1.82, 2.24) is 9.21 Å². The molecule has 0 N–H and O–H groups in total. The first kappa shape index (κ1) is 17.4. The van der Waals surface area contributed by atoms with E-state index in [0.29, 0.717) is 38.5 Å². The van der Waals surface area contributed by atoms with Crippen molar-refractivity contribution in [2.24, 2.45) is 5.92 Å². The zero-order valence-corrected chi connectivity index (χ0v) is 15.2. The van der Waals surface area contributed by atoms with Crippen LogP contribution in [0.2, 0.25) is 0 Å². The molecule has 0 saturated carbocycles. The van der Waals surface area contributed by atoms with Gasteiger partial charge in [-0.2, -0.15) is 4.31 Å². The average molecular weight is 389 g/mol. The van der Waals surface area contributed by atoms with Gasteiger partial charge in [-0.3, -0.25) is 4.79 Å². The summed E-state index contributed by atoms with van der Waals surface area (Å²) in [6, 6.07) is 6.62. The first-order valence-corrected chi connectivity index (χ1v) is 9.57. The molecule has 7 heteroatoms. The second-order valence-corrected chi connectivity index (χ2v) is 8.69. The molecule has 22 heavy (non-hydrogen) atoms. The summed E-state index contributed by atoms with van der Waals surface area (Å²) in [6.07, 6.45) is 0.513. The maximum absolute atomic E-state index is 12.6. The Morgan fingerprint density at radius 3 is 2.18 bits per heavy atom. The van der Waals surface area contributed by atoms with Crippen molar-refractivity contribution in [1.29, 1.82) is 0 Å². The molecule has 1 aromatic rings. The lowest BCUT2D eigenvalue weighted by molar-refractivity contribution is -0.133. The number of amides is 1. The van der Waals surface area contributed by atoms with Gasteiger partial charge in [-0.05, 0) is 30.2 Å². The summed E-state index contributed by atoms with van der Waals surface area (Å²) in [5.41, 5.74) is 0. The van der Waals surface area contributed by atoms with E-state index in [2.05, 4.69) is 15.9 Å². The fraction of sp³-hybridized carbons (Fsp3) is 0.533. The smallest absolute Gasteiger partial charge is 0.243 e. The Morgan fingerprint density at radius 1 is 1.14 bits per heavy atom. The van der Waals surface area contributed by atoms with E-state index in [1.54, 1.807) is 29.2 Å². The number of hydrogen-bond donors (Lipinski definition) is 0. The predicted octanol–water partition coefficient (Wildman–Crippen LogP) is 2.33. The molecule has 0 atom stereocenters. The standard InChI is InChI=1S/C15H21BrN2O3S/c1-12(2)11-15(19)17-7-9-18(10-8-17)22(20,21)14-5-3-13(16)4-6-14/h3-6,12H,7-11H2,1-2H3. The molecule has 1 aliphatic rings. The fourth-order valence-electron chi connectivity index (χ4n) is 2.41. The summed E-state index contributed by atoms with van der Waals surface area (Å²) < 4.78 is 27.4. The van der Waals surface area contributed by atoms with Crippen LogP contribution in [0.15, 0.2) is 33.6 Å². The van der Waals surface area contributed by atoms with Crippen LogP contribution in [0.5, 0.6) is 0 Å². The van der Waals surface area contributed by atoms with Gasteiger partial charge in [0, 0.05) is 37.1 Å². The largest absolute Gasteiger partial charge is 0.340 e. The molecule has 1 aromatic carbocycles. The van der Waals surface area contributed by atoms with E-state index in [0.717, 1.165) is 4.47 Å². The minimum atomic E-state index is -3.48. The molecule has 0 aromatic heterocycles. The lowest BCUT2D eigenvalue weighted by atomic mass is 10.1. The van der Waals surface area contributed by atoms with Crippen molar-refractivity contribution in [3.05, 3.63) is 28.7 Å². The second-order valence-electron chi connectivity index (χ2n) is 5.84. The summed E-state index contributed by atoms with van der Waals surface area (Å²) in [4.78, 5) is 14.1. The van der Waals surface area contributed by atoms with Crippen molar-refractivity contribution in [3.8, 4) is 0 Å². The van der Waals surface area contributed by atoms with Gasteiger partial charge in [0.2, 0.25) is 15.9 Å². The molecule has 0 spiro atoms. The number of piperazine rings is 1. The van der Waals surface area contributed by atoms with Gasteiger partial charge in [0.15, 0.2) is 0 Å². The number of rotatable bonds is 4. The molecule has 1 aliphatic heterocycles. The van der Waals surface area contributed by atoms with E-state index in [-0.39, 0.29) is 10.8 Å². The summed E-state index contributed by atoms with van der Waals surface area (Å²) in [6.45, 7) is 5.63. The van der Waals surface area contributed by atoms with Gasteiger partial charge in [0.1, 0.15) is 0 Å². The Bertz CT molecular complexity index is 621. The number of carbonyl (C=O) groups excluding carboxylic acids is 1. The van der Waals surface area contributed by atoms with Crippen molar-refractivity contribution in [2.45, 2.75) is 25.2 Å². The van der Waals surface area contributed by atoms with E-state index in [4.69, 9.17) is 0 Å². The van der Waals surface area contributed by atoms with Crippen molar-refractivity contribution < 1.29 is 13.2 Å². The van der Waals surface area contributed by atoms with Crippen LogP contribution in [0.4, 0.5) is 0 Å². The number of sulfonamides is 1. The number of nitrogens with zero attached hydrogens (tertiary/aromatic N) is 2.